The van der Waals surface area contributed by atoms with Gasteiger partial charge in [0, 0.05) is 36.3 Å². The van der Waals surface area contributed by atoms with E-state index in [2.05, 4.69) is 18.7 Å². The van der Waals surface area contributed by atoms with Crippen molar-refractivity contribution in [1.29, 1.82) is 0 Å². The molecule has 1 aromatic carbocycles. The molecule has 1 aliphatic heterocycles. The van der Waals surface area contributed by atoms with Crippen LogP contribution in [0.25, 0.3) is 0 Å². The first kappa shape index (κ1) is 13.1. The number of non-ortho nitro benzene ring substituents is 1. The summed E-state index contributed by atoms with van der Waals surface area (Å²) in [5.74, 6) is 0.951. The van der Waals surface area contributed by atoms with Gasteiger partial charge in [-0.15, -0.1) is 11.6 Å². The van der Waals surface area contributed by atoms with Crippen molar-refractivity contribution < 1.29 is 4.92 Å². The van der Waals surface area contributed by atoms with E-state index in [1.54, 1.807) is 12.1 Å². The molecule has 0 amide bonds. The Hall–Kier alpha value is -1.29. The standard InChI is InChI=1S/C13H17ClN2O2/c1-9-5-10(2)15(8-9)13-4-3-12(16(17)18)6-11(13)7-14/h3-4,6,9-10H,5,7-8H2,1-2H3. The molecule has 0 saturated carbocycles. The molecule has 4 nitrogen and oxygen atoms in total. The number of rotatable bonds is 3. The van der Waals surface area contributed by atoms with Gasteiger partial charge < -0.3 is 4.90 Å². The summed E-state index contributed by atoms with van der Waals surface area (Å²) in [5.41, 5.74) is 1.98. The van der Waals surface area contributed by atoms with Crippen molar-refractivity contribution in [2.24, 2.45) is 5.92 Å². The molecule has 2 unspecified atom stereocenters. The maximum atomic E-state index is 10.8. The number of nitro benzene ring substituents is 1. The Morgan fingerprint density at radius 1 is 1.50 bits per heavy atom. The molecule has 1 aliphatic rings. The minimum absolute atomic E-state index is 0.106. The molecule has 1 fully saturated rings. The predicted molar refractivity (Wildman–Crippen MR) is 73.2 cm³/mol. The van der Waals surface area contributed by atoms with Crippen LogP contribution in [0, 0.1) is 16.0 Å². The number of benzene rings is 1. The second kappa shape index (κ2) is 5.14. The highest BCUT2D eigenvalue weighted by Crippen LogP contribution is 2.33. The molecule has 1 aromatic rings. The van der Waals surface area contributed by atoms with Crippen LogP contribution < -0.4 is 4.90 Å². The molecule has 0 N–H and O–H groups in total. The molecule has 98 valence electrons. The number of hydrogen-bond donors (Lipinski definition) is 0. The second-order valence-corrected chi connectivity index (χ2v) is 5.31. The van der Waals surface area contributed by atoms with Gasteiger partial charge in [0.1, 0.15) is 0 Å². The fraction of sp³-hybridized carbons (Fsp3) is 0.538. The summed E-state index contributed by atoms with van der Waals surface area (Å²) in [6, 6.07) is 5.42. The average molecular weight is 269 g/mol. The lowest BCUT2D eigenvalue weighted by atomic mass is 10.1. The number of nitro groups is 1. The number of hydrogen-bond acceptors (Lipinski definition) is 3. The van der Waals surface area contributed by atoms with E-state index in [0.29, 0.717) is 17.8 Å². The molecule has 0 aliphatic carbocycles. The SMILES string of the molecule is CC1CC(C)N(c2ccc([N+](=O)[O-])cc2CCl)C1. The Bertz CT molecular complexity index is 464. The van der Waals surface area contributed by atoms with E-state index in [1.165, 1.54) is 0 Å². The molecule has 1 saturated heterocycles. The van der Waals surface area contributed by atoms with E-state index in [4.69, 9.17) is 11.6 Å². The molecular formula is C13H17ClN2O2. The second-order valence-electron chi connectivity index (χ2n) is 5.05. The van der Waals surface area contributed by atoms with Gasteiger partial charge in [-0.05, 0) is 30.9 Å². The molecular weight excluding hydrogens is 252 g/mol. The smallest absolute Gasteiger partial charge is 0.269 e. The van der Waals surface area contributed by atoms with Crippen LogP contribution in [-0.4, -0.2) is 17.5 Å². The normalized spacial score (nSPS) is 23.4. The van der Waals surface area contributed by atoms with Crippen LogP contribution in [0.1, 0.15) is 25.8 Å². The van der Waals surface area contributed by atoms with E-state index < -0.39 is 0 Å². The summed E-state index contributed by atoms with van der Waals surface area (Å²) in [5, 5.41) is 10.8. The van der Waals surface area contributed by atoms with Crippen molar-refractivity contribution in [3.05, 3.63) is 33.9 Å². The molecule has 2 atom stereocenters. The topological polar surface area (TPSA) is 46.4 Å². The Morgan fingerprint density at radius 3 is 2.72 bits per heavy atom. The Kier molecular flexibility index (Phi) is 3.76. The Morgan fingerprint density at radius 2 is 2.22 bits per heavy atom. The van der Waals surface area contributed by atoms with E-state index in [0.717, 1.165) is 24.2 Å². The maximum Gasteiger partial charge on any atom is 0.269 e. The van der Waals surface area contributed by atoms with Crippen LogP contribution in [0.5, 0.6) is 0 Å². The van der Waals surface area contributed by atoms with Crippen LogP contribution in [-0.2, 0) is 5.88 Å². The first-order valence-electron chi connectivity index (χ1n) is 6.13. The number of halogens is 1. The zero-order valence-electron chi connectivity index (χ0n) is 10.6. The summed E-state index contributed by atoms with van der Waals surface area (Å²) in [6.07, 6.45) is 1.15. The van der Waals surface area contributed by atoms with Crippen molar-refractivity contribution >= 4 is 23.0 Å². The lowest BCUT2D eigenvalue weighted by molar-refractivity contribution is -0.384. The van der Waals surface area contributed by atoms with Gasteiger partial charge in [0.15, 0.2) is 0 Å². The third kappa shape index (κ3) is 2.43. The highest BCUT2D eigenvalue weighted by atomic mass is 35.5. The summed E-state index contributed by atoms with van der Waals surface area (Å²) in [4.78, 5) is 12.7. The summed E-state index contributed by atoms with van der Waals surface area (Å²) in [7, 11) is 0. The largest absolute Gasteiger partial charge is 0.368 e. The first-order chi connectivity index (χ1) is 8.52. The summed E-state index contributed by atoms with van der Waals surface area (Å²) < 4.78 is 0. The lowest BCUT2D eigenvalue weighted by Crippen LogP contribution is -2.27. The van der Waals surface area contributed by atoms with Crippen LogP contribution >= 0.6 is 11.6 Å². The molecule has 18 heavy (non-hydrogen) atoms. The number of alkyl halides is 1. The third-order valence-electron chi connectivity index (χ3n) is 3.51. The zero-order chi connectivity index (χ0) is 13.3. The zero-order valence-corrected chi connectivity index (χ0v) is 11.4. The summed E-state index contributed by atoms with van der Waals surface area (Å²) >= 11 is 5.92. The monoisotopic (exact) mass is 268 g/mol. The molecule has 0 bridgehead atoms. The summed E-state index contributed by atoms with van der Waals surface area (Å²) in [6.45, 7) is 5.40. The van der Waals surface area contributed by atoms with Gasteiger partial charge in [-0.1, -0.05) is 6.92 Å². The Balaban J connectivity index is 2.36. The fourth-order valence-corrected chi connectivity index (χ4v) is 2.92. The molecule has 0 aromatic heterocycles. The van der Waals surface area contributed by atoms with Crippen LogP contribution in [0.2, 0.25) is 0 Å². The molecule has 0 spiro atoms. The fourth-order valence-electron chi connectivity index (χ4n) is 2.71. The van der Waals surface area contributed by atoms with Crippen LogP contribution in [0.4, 0.5) is 11.4 Å². The van der Waals surface area contributed by atoms with E-state index in [9.17, 15) is 10.1 Å². The molecule has 0 radical (unpaired) electrons. The van der Waals surface area contributed by atoms with Crippen LogP contribution in [0.3, 0.4) is 0 Å². The van der Waals surface area contributed by atoms with Gasteiger partial charge >= 0.3 is 0 Å². The van der Waals surface area contributed by atoms with Gasteiger partial charge in [0.25, 0.3) is 5.69 Å². The van der Waals surface area contributed by atoms with Crippen molar-refractivity contribution in [2.45, 2.75) is 32.2 Å². The predicted octanol–water partition coefficient (Wildman–Crippen LogP) is 3.57. The molecule has 5 heteroatoms. The average Bonchev–Trinajstić information content (AvgIpc) is 2.67. The highest BCUT2D eigenvalue weighted by molar-refractivity contribution is 6.17. The Labute approximate surface area is 112 Å². The van der Waals surface area contributed by atoms with Crippen molar-refractivity contribution in [3.63, 3.8) is 0 Å². The van der Waals surface area contributed by atoms with E-state index >= 15 is 0 Å². The third-order valence-corrected chi connectivity index (χ3v) is 3.80. The molecule has 2 rings (SSSR count). The highest BCUT2D eigenvalue weighted by Gasteiger charge is 2.28. The minimum atomic E-state index is -0.379. The number of anilines is 1. The number of nitrogens with zero attached hydrogens (tertiary/aromatic N) is 2. The van der Waals surface area contributed by atoms with Crippen LogP contribution in [0.15, 0.2) is 18.2 Å². The van der Waals surface area contributed by atoms with Crippen molar-refractivity contribution in [1.82, 2.24) is 0 Å². The van der Waals surface area contributed by atoms with Gasteiger partial charge in [0.2, 0.25) is 0 Å². The lowest BCUT2D eigenvalue weighted by Gasteiger charge is -2.26. The van der Waals surface area contributed by atoms with E-state index in [1.807, 2.05) is 6.07 Å². The van der Waals surface area contributed by atoms with Gasteiger partial charge in [-0.2, -0.15) is 0 Å². The molecule has 1 heterocycles. The minimum Gasteiger partial charge on any atom is -0.368 e. The van der Waals surface area contributed by atoms with Crippen molar-refractivity contribution in [2.75, 3.05) is 11.4 Å². The first-order valence-corrected chi connectivity index (χ1v) is 6.66. The van der Waals surface area contributed by atoms with Crippen molar-refractivity contribution in [3.8, 4) is 0 Å². The van der Waals surface area contributed by atoms with Gasteiger partial charge in [0.05, 0.1) is 4.92 Å². The van der Waals surface area contributed by atoms with Gasteiger partial charge in [-0.25, -0.2) is 0 Å². The van der Waals surface area contributed by atoms with Gasteiger partial charge in [-0.3, -0.25) is 10.1 Å². The van der Waals surface area contributed by atoms with E-state index in [-0.39, 0.29) is 10.6 Å². The maximum absolute atomic E-state index is 10.8. The quantitative estimate of drug-likeness (QED) is 0.478.